The third-order valence-electron chi connectivity index (χ3n) is 6.43. The number of rotatable bonds is 8. The monoisotopic (exact) mass is 500 g/mol. The van der Waals surface area contributed by atoms with Crippen molar-refractivity contribution in [3.8, 4) is 17.2 Å². The van der Waals surface area contributed by atoms with Gasteiger partial charge in [0.2, 0.25) is 0 Å². The maximum Gasteiger partial charge on any atom is 0.262 e. The number of nitrogens with zero attached hydrogens (tertiary/aromatic N) is 1. The maximum absolute atomic E-state index is 12.9. The van der Waals surface area contributed by atoms with E-state index in [-0.39, 0.29) is 37.0 Å². The summed E-state index contributed by atoms with van der Waals surface area (Å²) in [4.78, 5) is 39.2. The summed E-state index contributed by atoms with van der Waals surface area (Å²) >= 11 is 0. The lowest BCUT2D eigenvalue weighted by Gasteiger charge is -2.17. The van der Waals surface area contributed by atoms with Gasteiger partial charge in [-0.15, -0.1) is 0 Å². The highest BCUT2D eigenvalue weighted by molar-refractivity contribution is 6.21. The minimum atomic E-state index is -0.331. The lowest BCUT2D eigenvalue weighted by Crippen LogP contribution is -2.36. The number of aryl methyl sites for hydroxylation is 2. The van der Waals surface area contributed by atoms with E-state index in [0.717, 1.165) is 24.0 Å². The number of hydrogen-bond acceptors (Lipinski definition) is 6. The second kappa shape index (κ2) is 10.4. The van der Waals surface area contributed by atoms with E-state index < -0.39 is 0 Å². The van der Waals surface area contributed by atoms with Crippen LogP contribution in [0.1, 0.15) is 44.7 Å². The average Bonchev–Trinajstić information content (AvgIpc) is 3.49. The Hall–Kier alpha value is -4.17. The summed E-state index contributed by atoms with van der Waals surface area (Å²) < 4.78 is 17.1. The summed E-state index contributed by atoms with van der Waals surface area (Å²) in [6.07, 6.45) is 1.68. The first-order valence-electron chi connectivity index (χ1n) is 12.3. The van der Waals surface area contributed by atoms with Gasteiger partial charge in [0.1, 0.15) is 17.2 Å². The van der Waals surface area contributed by atoms with Crippen molar-refractivity contribution in [2.45, 2.75) is 32.8 Å². The van der Waals surface area contributed by atoms with E-state index in [9.17, 15) is 14.4 Å². The predicted octanol–water partition coefficient (Wildman–Crippen LogP) is 4.89. The smallest absolute Gasteiger partial charge is 0.262 e. The summed E-state index contributed by atoms with van der Waals surface area (Å²) in [5.74, 6) is 0.744. The second-order valence-electron chi connectivity index (χ2n) is 9.30. The molecule has 0 radical (unpaired) electrons. The minimum Gasteiger partial charge on any atom is -0.483 e. The van der Waals surface area contributed by atoms with Crippen LogP contribution in [0.25, 0.3) is 0 Å². The summed E-state index contributed by atoms with van der Waals surface area (Å²) in [6, 6.07) is 17.6. The highest BCUT2D eigenvalue weighted by atomic mass is 16.5. The number of amides is 3. The van der Waals surface area contributed by atoms with Crippen LogP contribution in [0.2, 0.25) is 0 Å². The van der Waals surface area contributed by atoms with Gasteiger partial charge >= 0.3 is 0 Å². The molecule has 2 heterocycles. The van der Waals surface area contributed by atoms with Crippen molar-refractivity contribution in [2.75, 3.05) is 25.1 Å². The molecule has 5 rings (SSSR count). The molecular formula is C29H28N2O6. The first-order valence-corrected chi connectivity index (χ1v) is 12.3. The lowest BCUT2D eigenvalue weighted by molar-refractivity contribution is -0.118. The largest absolute Gasteiger partial charge is 0.483 e. The maximum atomic E-state index is 12.9. The number of carbonyl (C=O) groups is 3. The first-order chi connectivity index (χ1) is 17.9. The molecule has 2 aliphatic heterocycles. The molecule has 0 bridgehead atoms. The predicted molar refractivity (Wildman–Crippen MR) is 137 cm³/mol. The Labute approximate surface area is 215 Å². The van der Waals surface area contributed by atoms with Gasteiger partial charge < -0.3 is 19.5 Å². The second-order valence-corrected chi connectivity index (χ2v) is 9.30. The number of ether oxygens (including phenoxy) is 3. The zero-order chi connectivity index (χ0) is 25.9. The third kappa shape index (κ3) is 5.49. The fraction of sp³-hybridized carbons (Fsp3) is 0.276. The number of carbonyl (C=O) groups excluding carboxylic acids is 3. The van der Waals surface area contributed by atoms with Crippen LogP contribution in [0.15, 0.2) is 60.7 Å². The summed E-state index contributed by atoms with van der Waals surface area (Å²) in [7, 11) is 0. The summed E-state index contributed by atoms with van der Waals surface area (Å²) in [5, 5.41) is 2.80. The zero-order valence-electron chi connectivity index (χ0n) is 20.8. The molecular weight excluding hydrogens is 472 g/mol. The molecule has 3 amide bonds. The van der Waals surface area contributed by atoms with Crippen molar-refractivity contribution in [1.29, 1.82) is 0 Å². The van der Waals surface area contributed by atoms with Crippen LogP contribution < -0.4 is 14.8 Å². The Balaban J connectivity index is 1.18. The Bertz CT molecular complexity index is 1350. The van der Waals surface area contributed by atoms with Crippen molar-refractivity contribution >= 4 is 23.4 Å². The molecule has 190 valence electrons. The van der Waals surface area contributed by atoms with E-state index in [0.29, 0.717) is 40.7 Å². The Morgan fingerprint density at radius 2 is 1.73 bits per heavy atom. The van der Waals surface area contributed by atoms with Crippen LogP contribution in [0.4, 0.5) is 5.69 Å². The van der Waals surface area contributed by atoms with Gasteiger partial charge in [0.25, 0.3) is 17.7 Å². The highest BCUT2D eigenvalue weighted by Crippen LogP contribution is 2.31. The first kappa shape index (κ1) is 24.5. The molecule has 0 saturated carbocycles. The molecule has 37 heavy (non-hydrogen) atoms. The molecule has 1 atom stereocenters. The van der Waals surface area contributed by atoms with E-state index in [1.807, 2.05) is 32.0 Å². The fourth-order valence-corrected chi connectivity index (χ4v) is 4.44. The van der Waals surface area contributed by atoms with Gasteiger partial charge in [0, 0.05) is 12.3 Å². The molecule has 1 saturated heterocycles. The normalized spacial score (nSPS) is 16.6. The zero-order valence-corrected chi connectivity index (χ0v) is 20.8. The molecule has 8 heteroatoms. The molecule has 0 aromatic heterocycles. The van der Waals surface area contributed by atoms with Gasteiger partial charge in [-0.2, -0.15) is 0 Å². The van der Waals surface area contributed by atoms with E-state index in [1.165, 1.54) is 4.90 Å². The van der Waals surface area contributed by atoms with Crippen molar-refractivity contribution in [3.63, 3.8) is 0 Å². The van der Waals surface area contributed by atoms with Gasteiger partial charge in [-0.05, 0) is 86.3 Å². The quantitative estimate of drug-likeness (QED) is 0.443. The van der Waals surface area contributed by atoms with Gasteiger partial charge in [0.15, 0.2) is 6.61 Å². The number of anilines is 1. The van der Waals surface area contributed by atoms with E-state index >= 15 is 0 Å². The molecule has 0 aliphatic carbocycles. The van der Waals surface area contributed by atoms with Crippen LogP contribution in [-0.2, 0) is 9.53 Å². The van der Waals surface area contributed by atoms with Crippen molar-refractivity contribution in [1.82, 2.24) is 4.90 Å². The average molecular weight is 501 g/mol. The van der Waals surface area contributed by atoms with Crippen molar-refractivity contribution < 1.29 is 28.6 Å². The van der Waals surface area contributed by atoms with E-state index in [4.69, 9.17) is 14.2 Å². The Morgan fingerprint density at radius 3 is 2.49 bits per heavy atom. The number of hydrogen-bond donors (Lipinski definition) is 1. The molecule has 1 unspecified atom stereocenters. The van der Waals surface area contributed by atoms with Crippen molar-refractivity contribution in [3.05, 3.63) is 82.9 Å². The van der Waals surface area contributed by atoms with Crippen LogP contribution in [0, 0.1) is 13.8 Å². The molecule has 0 spiro atoms. The number of nitrogens with one attached hydrogen (secondary N) is 1. The standard InChI is InChI=1S/C29H28N2O6/c1-18-5-6-19(2)26(14-18)36-17-27(32)30-20-7-9-21(10-8-20)37-22-11-12-24-25(15-22)29(34)31(28(24)33)16-23-4-3-13-35-23/h5-12,14-15,23H,3-4,13,16-17H2,1-2H3,(H,30,32). The topological polar surface area (TPSA) is 94.2 Å². The SMILES string of the molecule is Cc1ccc(C)c(OCC(=O)Nc2ccc(Oc3ccc4c(c3)C(=O)N(CC3CCCO3)C4=O)cc2)c1. The van der Waals surface area contributed by atoms with E-state index in [1.54, 1.807) is 42.5 Å². The van der Waals surface area contributed by atoms with Crippen LogP contribution >= 0.6 is 0 Å². The van der Waals surface area contributed by atoms with Crippen LogP contribution in [0.5, 0.6) is 17.2 Å². The van der Waals surface area contributed by atoms with Gasteiger partial charge in [-0.25, -0.2) is 0 Å². The molecule has 1 N–H and O–H groups in total. The molecule has 3 aromatic carbocycles. The van der Waals surface area contributed by atoms with E-state index in [2.05, 4.69) is 5.32 Å². The molecule has 3 aromatic rings. The van der Waals surface area contributed by atoms with Crippen LogP contribution in [-0.4, -0.2) is 48.5 Å². The fourth-order valence-electron chi connectivity index (χ4n) is 4.44. The van der Waals surface area contributed by atoms with Crippen molar-refractivity contribution in [2.24, 2.45) is 0 Å². The lowest BCUT2D eigenvalue weighted by atomic mass is 10.1. The number of imide groups is 1. The van der Waals surface area contributed by atoms with Gasteiger partial charge in [-0.3, -0.25) is 19.3 Å². The molecule has 2 aliphatic rings. The summed E-state index contributed by atoms with van der Waals surface area (Å²) in [6.45, 7) is 4.73. The molecule has 1 fully saturated rings. The van der Waals surface area contributed by atoms with Crippen LogP contribution in [0.3, 0.4) is 0 Å². The third-order valence-corrected chi connectivity index (χ3v) is 6.43. The molecule has 8 nitrogen and oxygen atoms in total. The highest BCUT2D eigenvalue weighted by Gasteiger charge is 2.37. The Kier molecular flexibility index (Phi) is 6.92. The Morgan fingerprint density at radius 1 is 0.973 bits per heavy atom. The number of fused-ring (bicyclic) bond motifs is 1. The van der Waals surface area contributed by atoms with Gasteiger partial charge in [-0.1, -0.05) is 12.1 Å². The van der Waals surface area contributed by atoms with Gasteiger partial charge in [0.05, 0.1) is 23.8 Å². The number of benzene rings is 3. The minimum absolute atomic E-state index is 0.102. The summed E-state index contributed by atoms with van der Waals surface area (Å²) in [5.41, 5.74) is 3.33.